The van der Waals surface area contributed by atoms with Gasteiger partial charge in [0.15, 0.2) is 0 Å². The van der Waals surface area contributed by atoms with Gasteiger partial charge < -0.3 is 14.8 Å². The van der Waals surface area contributed by atoms with E-state index in [-0.39, 0.29) is 18.2 Å². The van der Waals surface area contributed by atoms with Gasteiger partial charge in [0.25, 0.3) is 0 Å². The molecule has 1 aliphatic rings. The highest BCUT2D eigenvalue weighted by atomic mass is 16.5. The SMILES string of the molecule is C=C1NC(=O)CC(c2ccccc2OCc2ccccc2)C1C(=O)OC. The van der Waals surface area contributed by atoms with Gasteiger partial charge in [-0.05, 0) is 17.2 Å². The monoisotopic (exact) mass is 351 g/mol. The number of methoxy groups -OCH3 is 1. The smallest absolute Gasteiger partial charge is 0.315 e. The summed E-state index contributed by atoms with van der Waals surface area (Å²) in [5, 5.41) is 2.65. The number of carbonyl (C=O) groups excluding carboxylic acids is 2. The predicted octanol–water partition coefficient (Wildman–Crippen LogP) is 3.17. The summed E-state index contributed by atoms with van der Waals surface area (Å²) < 4.78 is 10.9. The highest BCUT2D eigenvalue weighted by molar-refractivity contribution is 5.87. The minimum absolute atomic E-state index is 0.169. The fraction of sp³-hybridized carbons (Fsp3) is 0.238. The lowest BCUT2D eigenvalue weighted by molar-refractivity contribution is -0.146. The largest absolute Gasteiger partial charge is 0.489 e. The van der Waals surface area contributed by atoms with E-state index in [1.807, 2.05) is 54.6 Å². The molecule has 5 nitrogen and oxygen atoms in total. The molecule has 5 heteroatoms. The Morgan fingerprint density at radius 1 is 1.15 bits per heavy atom. The first-order valence-corrected chi connectivity index (χ1v) is 8.42. The molecular formula is C21H21NO4. The zero-order valence-electron chi connectivity index (χ0n) is 14.6. The Labute approximate surface area is 152 Å². The molecule has 26 heavy (non-hydrogen) atoms. The van der Waals surface area contributed by atoms with Crippen molar-refractivity contribution in [2.75, 3.05) is 7.11 Å². The first-order valence-electron chi connectivity index (χ1n) is 8.42. The van der Waals surface area contributed by atoms with Gasteiger partial charge in [0.1, 0.15) is 18.3 Å². The molecule has 1 saturated heterocycles. The fourth-order valence-electron chi connectivity index (χ4n) is 3.24. The standard InChI is InChI=1S/C21H21NO4/c1-14-20(21(24)25-2)17(12-19(23)22-14)16-10-6-7-11-18(16)26-13-15-8-4-3-5-9-15/h3-11,17,20H,1,12-13H2,2H3,(H,22,23). The number of piperidine rings is 1. The molecule has 2 atom stereocenters. The molecule has 0 radical (unpaired) electrons. The van der Waals surface area contributed by atoms with E-state index in [0.29, 0.717) is 18.1 Å². The molecule has 1 N–H and O–H groups in total. The molecule has 1 aliphatic heterocycles. The highest BCUT2D eigenvalue weighted by Gasteiger charge is 2.40. The molecule has 3 rings (SSSR count). The van der Waals surface area contributed by atoms with E-state index in [1.165, 1.54) is 7.11 Å². The first-order chi connectivity index (χ1) is 12.6. The Morgan fingerprint density at radius 3 is 2.58 bits per heavy atom. The summed E-state index contributed by atoms with van der Waals surface area (Å²) >= 11 is 0. The van der Waals surface area contributed by atoms with Crippen molar-refractivity contribution in [1.29, 1.82) is 0 Å². The van der Waals surface area contributed by atoms with Gasteiger partial charge in [0.2, 0.25) is 5.91 Å². The van der Waals surface area contributed by atoms with Crippen LogP contribution in [0.2, 0.25) is 0 Å². The van der Waals surface area contributed by atoms with Gasteiger partial charge in [0, 0.05) is 18.0 Å². The van der Waals surface area contributed by atoms with Crippen LogP contribution in [0.3, 0.4) is 0 Å². The molecular weight excluding hydrogens is 330 g/mol. The Hall–Kier alpha value is -3.08. The number of benzene rings is 2. The molecule has 134 valence electrons. The predicted molar refractivity (Wildman–Crippen MR) is 97.4 cm³/mol. The summed E-state index contributed by atoms with van der Waals surface area (Å²) in [6, 6.07) is 17.3. The van der Waals surface area contributed by atoms with Crippen LogP contribution in [0.4, 0.5) is 0 Å². The number of amides is 1. The van der Waals surface area contributed by atoms with E-state index in [0.717, 1.165) is 11.1 Å². The second-order valence-electron chi connectivity index (χ2n) is 6.20. The van der Waals surface area contributed by atoms with Crippen molar-refractivity contribution in [2.45, 2.75) is 18.9 Å². The number of ether oxygens (including phenoxy) is 2. The van der Waals surface area contributed by atoms with Crippen LogP contribution in [0.1, 0.15) is 23.5 Å². The van der Waals surface area contributed by atoms with Crippen molar-refractivity contribution in [3.05, 3.63) is 78.0 Å². The third kappa shape index (κ3) is 3.77. The lowest BCUT2D eigenvalue weighted by atomic mass is 9.78. The van der Waals surface area contributed by atoms with Gasteiger partial charge in [-0.3, -0.25) is 9.59 Å². The van der Waals surface area contributed by atoms with Gasteiger partial charge in [0.05, 0.1) is 7.11 Å². The molecule has 0 saturated carbocycles. The maximum Gasteiger partial charge on any atom is 0.315 e. The maximum absolute atomic E-state index is 12.3. The van der Waals surface area contributed by atoms with Crippen molar-refractivity contribution >= 4 is 11.9 Å². The zero-order chi connectivity index (χ0) is 18.5. The highest BCUT2D eigenvalue weighted by Crippen LogP contribution is 2.40. The summed E-state index contributed by atoms with van der Waals surface area (Å²) in [6.07, 6.45) is 0.171. The van der Waals surface area contributed by atoms with E-state index in [9.17, 15) is 9.59 Å². The molecule has 2 aromatic rings. The van der Waals surface area contributed by atoms with E-state index in [2.05, 4.69) is 11.9 Å². The minimum Gasteiger partial charge on any atom is -0.489 e. The molecule has 2 unspecified atom stereocenters. The number of nitrogens with one attached hydrogen (secondary N) is 1. The van der Waals surface area contributed by atoms with Crippen molar-refractivity contribution in [3.8, 4) is 5.75 Å². The van der Waals surface area contributed by atoms with Crippen LogP contribution in [0.5, 0.6) is 5.75 Å². The molecule has 1 heterocycles. The Kier molecular flexibility index (Phi) is 5.37. The van der Waals surface area contributed by atoms with Crippen molar-refractivity contribution in [2.24, 2.45) is 5.92 Å². The van der Waals surface area contributed by atoms with Crippen molar-refractivity contribution < 1.29 is 19.1 Å². The summed E-state index contributed by atoms with van der Waals surface area (Å²) in [5.74, 6) is -0.955. The van der Waals surface area contributed by atoms with Gasteiger partial charge in [-0.15, -0.1) is 0 Å². The molecule has 0 aliphatic carbocycles. The number of rotatable bonds is 5. The molecule has 1 fully saturated rings. The third-order valence-corrected chi connectivity index (χ3v) is 4.49. The Balaban J connectivity index is 1.90. The second-order valence-corrected chi connectivity index (χ2v) is 6.20. The van der Waals surface area contributed by atoms with Crippen LogP contribution in [0.25, 0.3) is 0 Å². The van der Waals surface area contributed by atoms with Crippen molar-refractivity contribution in [3.63, 3.8) is 0 Å². The quantitative estimate of drug-likeness (QED) is 0.841. The zero-order valence-corrected chi connectivity index (χ0v) is 14.6. The number of hydrogen-bond acceptors (Lipinski definition) is 4. The van der Waals surface area contributed by atoms with Gasteiger partial charge in [-0.2, -0.15) is 0 Å². The Bertz CT molecular complexity index is 816. The lowest BCUT2D eigenvalue weighted by Crippen LogP contribution is -2.41. The van der Waals surface area contributed by atoms with Gasteiger partial charge >= 0.3 is 5.97 Å². The number of carbonyl (C=O) groups is 2. The second kappa shape index (κ2) is 7.87. The number of para-hydroxylation sites is 1. The fourth-order valence-corrected chi connectivity index (χ4v) is 3.24. The van der Waals surface area contributed by atoms with E-state index in [4.69, 9.17) is 9.47 Å². The molecule has 2 aromatic carbocycles. The normalized spacial score (nSPS) is 19.6. The van der Waals surface area contributed by atoms with Gasteiger partial charge in [-0.1, -0.05) is 55.1 Å². The van der Waals surface area contributed by atoms with Crippen LogP contribution in [-0.2, 0) is 20.9 Å². The average Bonchev–Trinajstić information content (AvgIpc) is 2.66. The first kappa shape index (κ1) is 17.7. The van der Waals surface area contributed by atoms with Crippen LogP contribution >= 0.6 is 0 Å². The number of hydrogen-bond donors (Lipinski definition) is 1. The van der Waals surface area contributed by atoms with Crippen molar-refractivity contribution in [1.82, 2.24) is 5.32 Å². The third-order valence-electron chi connectivity index (χ3n) is 4.49. The minimum atomic E-state index is -0.640. The Morgan fingerprint density at radius 2 is 1.85 bits per heavy atom. The van der Waals surface area contributed by atoms with Crippen LogP contribution < -0.4 is 10.1 Å². The molecule has 0 aromatic heterocycles. The van der Waals surface area contributed by atoms with Crippen LogP contribution in [0.15, 0.2) is 66.9 Å². The van der Waals surface area contributed by atoms with Gasteiger partial charge in [-0.25, -0.2) is 0 Å². The lowest BCUT2D eigenvalue weighted by Gasteiger charge is -2.32. The number of esters is 1. The average molecular weight is 351 g/mol. The topological polar surface area (TPSA) is 64.6 Å². The summed E-state index contributed by atoms with van der Waals surface area (Å²) in [5.41, 5.74) is 2.20. The molecule has 0 bridgehead atoms. The van der Waals surface area contributed by atoms with E-state index >= 15 is 0 Å². The summed E-state index contributed by atoms with van der Waals surface area (Å²) in [4.78, 5) is 24.3. The maximum atomic E-state index is 12.3. The van der Waals surface area contributed by atoms with Crippen LogP contribution in [0, 0.1) is 5.92 Å². The van der Waals surface area contributed by atoms with E-state index in [1.54, 1.807) is 0 Å². The van der Waals surface area contributed by atoms with E-state index < -0.39 is 11.9 Å². The molecule has 1 amide bonds. The van der Waals surface area contributed by atoms with Crippen LogP contribution in [-0.4, -0.2) is 19.0 Å². The molecule has 0 spiro atoms. The summed E-state index contributed by atoms with van der Waals surface area (Å²) in [7, 11) is 1.33. The summed E-state index contributed by atoms with van der Waals surface area (Å²) in [6.45, 7) is 4.24.